The van der Waals surface area contributed by atoms with Crippen LogP contribution in [0.15, 0.2) is 36.4 Å². The summed E-state index contributed by atoms with van der Waals surface area (Å²) < 4.78 is 0. The molecule has 0 heterocycles. The summed E-state index contributed by atoms with van der Waals surface area (Å²) in [5, 5.41) is 2.92. The van der Waals surface area contributed by atoms with Crippen molar-refractivity contribution in [1.82, 2.24) is 0 Å². The minimum atomic E-state index is 0.227. The highest BCUT2D eigenvalue weighted by Crippen LogP contribution is 2.45. The summed E-state index contributed by atoms with van der Waals surface area (Å²) in [6.45, 7) is 6.93. The summed E-state index contributed by atoms with van der Waals surface area (Å²) in [6.07, 6.45) is 2.75. The van der Waals surface area contributed by atoms with E-state index < -0.39 is 0 Å². The van der Waals surface area contributed by atoms with Crippen LogP contribution in [-0.4, -0.2) is 0 Å². The fourth-order valence-corrected chi connectivity index (χ4v) is 2.73. The van der Waals surface area contributed by atoms with E-state index in [0.717, 1.165) is 5.92 Å². The zero-order chi connectivity index (χ0) is 12.0. The van der Waals surface area contributed by atoms with Crippen molar-refractivity contribution in [3.63, 3.8) is 0 Å². The maximum atomic E-state index is 2.33. The van der Waals surface area contributed by atoms with Gasteiger partial charge in [0.05, 0.1) is 0 Å². The summed E-state index contributed by atoms with van der Waals surface area (Å²) >= 11 is 0. The molecule has 0 amide bonds. The molecule has 0 heteroatoms. The van der Waals surface area contributed by atoms with Gasteiger partial charge >= 0.3 is 0 Å². The fourth-order valence-electron chi connectivity index (χ4n) is 2.73. The lowest BCUT2D eigenvalue weighted by molar-refractivity contribution is 0.595. The van der Waals surface area contributed by atoms with Crippen molar-refractivity contribution in [2.75, 3.05) is 0 Å². The number of hydrogen-bond acceptors (Lipinski definition) is 0. The van der Waals surface area contributed by atoms with Gasteiger partial charge in [-0.15, -0.1) is 0 Å². The molecule has 0 radical (unpaired) electrons. The minimum Gasteiger partial charge on any atom is -0.0613 e. The first kappa shape index (κ1) is 10.8. The molecule has 0 unspecified atom stereocenters. The van der Waals surface area contributed by atoms with Crippen molar-refractivity contribution >= 4 is 10.8 Å². The van der Waals surface area contributed by atoms with Crippen LogP contribution in [0.2, 0.25) is 0 Å². The number of hydrogen-bond donors (Lipinski definition) is 0. The molecular formula is C17H20. The molecule has 1 saturated carbocycles. The molecule has 0 nitrogen and oxygen atoms in total. The van der Waals surface area contributed by atoms with Crippen LogP contribution >= 0.6 is 0 Å². The highest BCUT2D eigenvalue weighted by Gasteiger charge is 2.27. The largest absolute Gasteiger partial charge is 0.0613 e. The molecule has 0 N–H and O–H groups in total. The number of benzene rings is 2. The van der Waals surface area contributed by atoms with E-state index in [1.165, 1.54) is 29.2 Å². The van der Waals surface area contributed by atoms with Crippen LogP contribution in [0.3, 0.4) is 0 Å². The second-order valence-electron chi connectivity index (χ2n) is 6.28. The molecule has 0 saturated heterocycles. The van der Waals surface area contributed by atoms with E-state index in [1.54, 1.807) is 5.56 Å². The molecule has 17 heavy (non-hydrogen) atoms. The molecule has 1 fully saturated rings. The van der Waals surface area contributed by atoms with E-state index in [-0.39, 0.29) is 5.41 Å². The van der Waals surface area contributed by atoms with Gasteiger partial charge in [0.2, 0.25) is 0 Å². The topological polar surface area (TPSA) is 0 Å². The third-order valence-corrected chi connectivity index (χ3v) is 3.76. The molecule has 2 aromatic carbocycles. The Morgan fingerprint density at radius 3 is 2.18 bits per heavy atom. The zero-order valence-corrected chi connectivity index (χ0v) is 11.0. The van der Waals surface area contributed by atoms with Gasteiger partial charge in [-0.05, 0) is 46.1 Å². The van der Waals surface area contributed by atoms with Crippen LogP contribution < -0.4 is 0 Å². The van der Waals surface area contributed by atoms with E-state index in [2.05, 4.69) is 57.2 Å². The van der Waals surface area contributed by atoms with Crippen molar-refractivity contribution < 1.29 is 0 Å². The van der Waals surface area contributed by atoms with Crippen molar-refractivity contribution in [2.24, 2.45) is 0 Å². The molecule has 0 atom stereocenters. The van der Waals surface area contributed by atoms with Gasteiger partial charge in [-0.25, -0.2) is 0 Å². The Bertz CT molecular complexity index is 549. The van der Waals surface area contributed by atoms with Gasteiger partial charge in [-0.2, -0.15) is 0 Å². The van der Waals surface area contributed by atoms with Crippen LogP contribution in [0.25, 0.3) is 10.8 Å². The van der Waals surface area contributed by atoms with Crippen molar-refractivity contribution in [2.45, 2.75) is 44.9 Å². The van der Waals surface area contributed by atoms with Gasteiger partial charge < -0.3 is 0 Å². The molecule has 0 aliphatic heterocycles. The van der Waals surface area contributed by atoms with E-state index >= 15 is 0 Å². The molecule has 1 aliphatic rings. The molecule has 1 aliphatic carbocycles. The second kappa shape index (κ2) is 3.60. The van der Waals surface area contributed by atoms with Crippen LogP contribution in [0.5, 0.6) is 0 Å². The zero-order valence-electron chi connectivity index (χ0n) is 11.0. The van der Waals surface area contributed by atoms with Crippen molar-refractivity contribution in [3.05, 3.63) is 47.5 Å². The monoisotopic (exact) mass is 224 g/mol. The summed E-state index contributed by atoms with van der Waals surface area (Å²) in [6, 6.07) is 13.5. The molecular weight excluding hydrogens is 204 g/mol. The predicted octanol–water partition coefficient (Wildman–Crippen LogP) is 5.01. The summed E-state index contributed by atoms with van der Waals surface area (Å²) in [4.78, 5) is 0. The highest BCUT2D eigenvalue weighted by atomic mass is 14.3. The van der Waals surface area contributed by atoms with E-state index in [0.29, 0.717) is 0 Å². The van der Waals surface area contributed by atoms with Gasteiger partial charge in [-0.3, -0.25) is 0 Å². The van der Waals surface area contributed by atoms with E-state index in [4.69, 9.17) is 0 Å². The molecule has 0 aromatic heterocycles. The van der Waals surface area contributed by atoms with Crippen LogP contribution in [0, 0.1) is 0 Å². The summed E-state index contributed by atoms with van der Waals surface area (Å²) in [5.41, 5.74) is 3.30. The molecule has 88 valence electrons. The normalized spacial score (nSPS) is 16.4. The highest BCUT2D eigenvalue weighted by molar-refractivity contribution is 5.90. The van der Waals surface area contributed by atoms with Crippen LogP contribution in [0.1, 0.15) is 50.7 Å². The number of rotatable bonds is 1. The fraction of sp³-hybridized carbons (Fsp3) is 0.412. The standard InChI is InChI=1S/C17H20/c1-17(2,3)15-9-5-7-13-6-4-8-14(16(13)15)12-10-11-12/h4-9,12H,10-11H2,1-3H3. The lowest BCUT2D eigenvalue weighted by atomic mass is 9.82. The first-order valence-electron chi connectivity index (χ1n) is 6.59. The molecule has 0 spiro atoms. The maximum Gasteiger partial charge on any atom is -0.0112 e. The van der Waals surface area contributed by atoms with Crippen LogP contribution in [-0.2, 0) is 5.41 Å². The van der Waals surface area contributed by atoms with E-state index in [1.807, 2.05) is 0 Å². The Labute approximate surface area is 104 Å². The third-order valence-electron chi connectivity index (χ3n) is 3.76. The Hall–Kier alpha value is -1.30. The van der Waals surface area contributed by atoms with Gasteiger partial charge in [0.1, 0.15) is 0 Å². The Balaban J connectivity index is 2.35. The van der Waals surface area contributed by atoms with Gasteiger partial charge in [0, 0.05) is 0 Å². The van der Waals surface area contributed by atoms with Gasteiger partial charge in [0.15, 0.2) is 0 Å². The SMILES string of the molecule is CC(C)(C)c1cccc2cccc(C3CC3)c12. The Morgan fingerprint density at radius 2 is 1.59 bits per heavy atom. The first-order valence-corrected chi connectivity index (χ1v) is 6.59. The molecule has 3 rings (SSSR count). The van der Waals surface area contributed by atoms with Crippen molar-refractivity contribution in [1.29, 1.82) is 0 Å². The lowest BCUT2D eigenvalue weighted by Crippen LogP contribution is -2.12. The molecule has 0 bridgehead atoms. The summed E-state index contributed by atoms with van der Waals surface area (Å²) in [7, 11) is 0. The quantitative estimate of drug-likeness (QED) is 0.638. The summed E-state index contributed by atoms with van der Waals surface area (Å²) in [5.74, 6) is 0.821. The average Bonchev–Trinajstić information content (AvgIpc) is 3.10. The van der Waals surface area contributed by atoms with Crippen molar-refractivity contribution in [3.8, 4) is 0 Å². The average molecular weight is 224 g/mol. The maximum absolute atomic E-state index is 2.33. The van der Waals surface area contributed by atoms with Gasteiger partial charge in [0.25, 0.3) is 0 Å². The Kier molecular flexibility index (Phi) is 2.29. The first-order chi connectivity index (χ1) is 8.07. The minimum absolute atomic E-state index is 0.227. The second-order valence-corrected chi connectivity index (χ2v) is 6.28. The third kappa shape index (κ3) is 1.86. The predicted molar refractivity (Wildman–Crippen MR) is 74.6 cm³/mol. The van der Waals surface area contributed by atoms with E-state index in [9.17, 15) is 0 Å². The Morgan fingerprint density at radius 1 is 0.941 bits per heavy atom. The van der Waals surface area contributed by atoms with Crippen LogP contribution in [0.4, 0.5) is 0 Å². The number of fused-ring (bicyclic) bond motifs is 1. The smallest absolute Gasteiger partial charge is 0.0112 e. The van der Waals surface area contributed by atoms with Gasteiger partial charge in [-0.1, -0.05) is 57.2 Å². The lowest BCUT2D eigenvalue weighted by Gasteiger charge is -2.23. The molecule has 2 aromatic rings.